The van der Waals surface area contributed by atoms with Crippen LogP contribution >= 0.6 is 0 Å². The Labute approximate surface area is 79.2 Å². The van der Waals surface area contributed by atoms with Crippen molar-refractivity contribution in [2.24, 2.45) is 7.05 Å². The quantitative estimate of drug-likeness (QED) is 0.759. The lowest BCUT2D eigenvalue weighted by atomic mass is 9.93. The molecule has 0 aromatic carbocycles. The fraction of sp³-hybridized carbons (Fsp3) is 0.700. The molecule has 2 rings (SSSR count). The van der Waals surface area contributed by atoms with E-state index in [0.717, 1.165) is 18.4 Å². The van der Waals surface area contributed by atoms with Gasteiger partial charge in [-0.2, -0.15) is 0 Å². The molecule has 1 aliphatic carbocycles. The zero-order chi connectivity index (χ0) is 9.26. The summed E-state index contributed by atoms with van der Waals surface area (Å²) in [5.41, 5.74) is 1.28. The van der Waals surface area contributed by atoms with Crippen molar-refractivity contribution in [1.82, 2.24) is 14.9 Å². The smallest absolute Gasteiger partial charge is 0.105 e. The van der Waals surface area contributed by atoms with Crippen molar-refractivity contribution in [3.8, 4) is 0 Å². The third-order valence-corrected chi connectivity index (χ3v) is 2.99. The van der Waals surface area contributed by atoms with Crippen LogP contribution in [0.4, 0.5) is 0 Å². The Bertz CT molecular complexity index is 286. The normalized spacial score (nSPS) is 17.4. The monoisotopic (exact) mass is 179 g/mol. The largest absolute Gasteiger partial charge is 0.334 e. The Hall–Kier alpha value is -0.830. The minimum absolute atomic E-state index is 0.759. The molecule has 13 heavy (non-hydrogen) atoms. The van der Waals surface area contributed by atoms with E-state index >= 15 is 0 Å². The van der Waals surface area contributed by atoms with E-state index in [4.69, 9.17) is 0 Å². The minimum atomic E-state index is 0.759. The predicted molar refractivity (Wildman–Crippen MR) is 52.4 cm³/mol. The average molecular weight is 179 g/mol. The van der Waals surface area contributed by atoms with Crippen molar-refractivity contribution in [3.63, 3.8) is 0 Å². The molecular formula is C10H17N3. The summed E-state index contributed by atoms with van der Waals surface area (Å²) in [4.78, 5) is 4.26. The number of nitrogens with zero attached hydrogens (tertiary/aromatic N) is 2. The molecule has 72 valence electrons. The summed E-state index contributed by atoms with van der Waals surface area (Å²) >= 11 is 0. The number of aromatic nitrogens is 2. The maximum Gasteiger partial charge on any atom is 0.105 e. The van der Waals surface area contributed by atoms with E-state index in [2.05, 4.69) is 21.9 Å². The van der Waals surface area contributed by atoms with Gasteiger partial charge in [0, 0.05) is 25.8 Å². The Morgan fingerprint density at radius 2 is 2.38 bits per heavy atom. The van der Waals surface area contributed by atoms with E-state index < -0.39 is 0 Å². The second kappa shape index (κ2) is 3.50. The molecule has 1 saturated carbocycles. The Morgan fingerprint density at radius 3 is 2.85 bits per heavy atom. The van der Waals surface area contributed by atoms with Crippen LogP contribution in [-0.2, 0) is 13.6 Å². The second-order valence-corrected chi connectivity index (χ2v) is 3.86. The molecule has 0 aliphatic heterocycles. The molecule has 0 bridgehead atoms. The Morgan fingerprint density at radius 1 is 1.62 bits per heavy atom. The number of rotatable bonds is 3. The van der Waals surface area contributed by atoms with Gasteiger partial charge in [-0.05, 0) is 19.8 Å². The van der Waals surface area contributed by atoms with Gasteiger partial charge < -0.3 is 9.88 Å². The lowest BCUT2D eigenvalue weighted by Gasteiger charge is -2.26. The van der Waals surface area contributed by atoms with Crippen LogP contribution < -0.4 is 5.32 Å². The molecule has 1 heterocycles. The van der Waals surface area contributed by atoms with E-state index in [1.54, 1.807) is 0 Å². The van der Waals surface area contributed by atoms with E-state index in [1.807, 2.05) is 13.1 Å². The third kappa shape index (κ3) is 1.75. The van der Waals surface area contributed by atoms with E-state index in [1.165, 1.54) is 25.0 Å². The zero-order valence-electron chi connectivity index (χ0n) is 8.38. The van der Waals surface area contributed by atoms with Crippen molar-refractivity contribution in [1.29, 1.82) is 0 Å². The van der Waals surface area contributed by atoms with Crippen LogP contribution in [0, 0.1) is 6.92 Å². The Kier molecular flexibility index (Phi) is 2.36. The van der Waals surface area contributed by atoms with Crippen LogP contribution in [0.3, 0.4) is 0 Å². The van der Waals surface area contributed by atoms with Gasteiger partial charge in [-0.1, -0.05) is 6.42 Å². The van der Waals surface area contributed by atoms with Crippen molar-refractivity contribution in [3.05, 3.63) is 17.7 Å². The predicted octanol–water partition coefficient (Wildman–Crippen LogP) is 1.37. The third-order valence-electron chi connectivity index (χ3n) is 2.99. The highest BCUT2D eigenvalue weighted by molar-refractivity contribution is 5.03. The first kappa shape index (κ1) is 8.75. The second-order valence-electron chi connectivity index (χ2n) is 3.86. The summed E-state index contributed by atoms with van der Waals surface area (Å²) in [6.45, 7) is 2.99. The van der Waals surface area contributed by atoms with Gasteiger partial charge in [0.2, 0.25) is 0 Å². The molecule has 1 aromatic heterocycles. The SMILES string of the molecule is Cc1ncc(CNC2CCC2)n1C. The number of hydrogen-bond acceptors (Lipinski definition) is 2. The van der Waals surface area contributed by atoms with Crippen LogP contribution in [-0.4, -0.2) is 15.6 Å². The lowest BCUT2D eigenvalue weighted by Crippen LogP contribution is -2.34. The van der Waals surface area contributed by atoms with Crippen LogP contribution in [0.5, 0.6) is 0 Å². The molecule has 3 nitrogen and oxygen atoms in total. The summed E-state index contributed by atoms with van der Waals surface area (Å²) < 4.78 is 2.14. The van der Waals surface area contributed by atoms with Gasteiger partial charge in [-0.25, -0.2) is 4.98 Å². The number of hydrogen-bond donors (Lipinski definition) is 1. The van der Waals surface area contributed by atoms with Crippen molar-refractivity contribution in [2.75, 3.05) is 0 Å². The minimum Gasteiger partial charge on any atom is -0.334 e. The van der Waals surface area contributed by atoms with Crippen molar-refractivity contribution >= 4 is 0 Å². The molecule has 0 saturated heterocycles. The van der Waals surface area contributed by atoms with Crippen LogP contribution in [0.2, 0.25) is 0 Å². The first-order valence-corrected chi connectivity index (χ1v) is 4.98. The van der Waals surface area contributed by atoms with Gasteiger partial charge in [0.05, 0.1) is 5.69 Å². The first-order valence-electron chi connectivity index (χ1n) is 4.98. The van der Waals surface area contributed by atoms with Gasteiger partial charge in [0.1, 0.15) is 5.82 Å². The lowest BCUT2D eigenvalue weighted by molar-refractivity contribution is 0.335. The van der Waals surface area contributed by atoms with Gasteiger partial charge in [0.25, 0.3) is 0 Å². The molecule has 0 atom stereocenters. The van der Waals surface area contributed by atoms with Gasteiger partial charge in [-0.3, -0.25) is 0 Å². The molecule has 1 N–H and O–H groups in total. The van der Waals surface area contributed by atoms with Crippen LogP contribution in [0.1, 0.15) is 30.8 Å². The highest BCUT2D eigenvalue weighted by Gasteiger charge is 2.16. The average Bonchev–Trinajstić information content (AvgIpc) is 2.33. The van der Waals surface area contributed by atoms with Crippen molar-refractivity contribution < 1.29 is 0 Å². The fourth-order valence-electron chi connectivity index (χ4n) is 1.57. The van der Waals surface area contributed by atoms with E-state index in [-0.39, 0.29) is 0 Å². The van der Waals surface area contributed by atoms with Gasteiger partial charge >= 0.3 is 0 Å². The summed E-state index contributed by atoms with van der Waals surface area (Å²) in [6, 6.07) is 0.759. The summed E-state index contributed by atoms with van der Waals surface area (Å²) in [7, 11) is 2.07. The number of nitrogens with one attached hydrogen (secondary N) is 1. The van der Waals surface area contributed by atoms with Crippen LogP contribution in [0.25, 0.3) is 0 Å². The van der Waals surface area contributed by atoms with Gasteiger partial charge in [-0.15, -0.1) is 0 Å². The molecule has 0 amide bonds. The summed E-state index contributed by atoms with van der Waals surface area (Å²) in [5, 5.41) is 3.53. The fourth-order valence-corrected chi connectivity index (χ4v) is 1.57. The molecule has 0 unspecified atom stereocenters. The molecular weight excluding hydrogens is 162 g/mol. The summed E-state index contributed by atoms with van der Waals surface area (Å²) in [5.74, 6) is 1.09. The van der Waals surface area contributed by atoms with Gasteiger partial charge in [0.15, 0.2) is 0 Å². The zero-order valence-corrected chi connectivity index (χ0v) is 8.38. The van der Waals surface area contributed by atoms with E-state index in [0.29, 0.717) is 0 Å². The number of imidazole rings is 1. The maximum absolute atomic E-state index is 4.26. The van der Waals surface area contributed by atoms with E-state index in [9.17, 15) is 0 Å². The highest BCUT2D eigenvalue weighted by Crippen LogP contribution is 2.18. The van der Waals surface area contributed by atoms with Crippen LogP contribution in [0.15, 0.2) is 6.20 Å². The molecule has 1 fully saturated rings. The molecule has 3 heteroatoms. The first-order chi connectivity index (χ1) is 6.27. The molecule has 0 spiro atoms. The standard InChI is InChI=1S/C10H17N3/c1-8-11-6-10(13(8)2)7-12-9-4-3-5-9/h6,9,12H,3-5,7H2,1-2H3. The highest BCUT2D eigenvalue weighted by atomic mass is 15.1. The summed E-state index contributed by atoms with van der Waals surface area (Å²) in [6.07, 6.45) is 6.04. The number of aryl methyl sites for hydroxylation is 1. The molecule has 0 radical (unpaired) electrons. The van der Waals surface area contributed by atoms with Crippen molar-refractivity contribution in [2.45, 2.75) is 38.8 Å². The maximum atomic E-state index is 4.26. The molecule has 1 aromatic rings. The topological polar surface area (TPSA) is 29.9 Å². The Balaban J connectivity index is 1.89. The molecule has 1 aliphatic rings.